The number of methoxy groups -OCH3 is 1. The number of amides is 1. The highest BCUT2D eigenvalue weighted by molar-refractivity contribution is 5.84. The van der Waals surface area contributed by atoms with Crippen molar-refractivity contribution in [3.05, 3.63) is 12.2 Å². The Balaban J connectivity index is 1.26. The molecule has 0 aromatic heterocycles. The number of nitrogens with one attached hydrogen (secondary N) is 1. The van der Waals surface area contributed by atoms with E-state index < -0.39 is 0 Å². The summed E-state index contributed by atoms with van der Waals surface area (Å²) in [5.41, 5.74) is 1.66. The first kappa shape index (κ1) is 38.4. The van der Waals surface area contributed by atoms with Gasteiger partial charge in [0.05, 0.1) is 12.5 Å². The third-order valence-electron chi connectivity index (χ3n) is 16.3. The first-order valence-electron chi connectivity index (χ1n) is 20.3. The van der Waals surface area contributed by atoms with Gasteiger partial charge in [-0.25, -0.2) is 0 Å². The van der Waals surface area contributed by atoms with Gasteiger partial charge in [0.1, 0.15) is 6.10 Å². The van der Waals surface area contributed by atoms with Gasteiger partial charge in [-0.05, 0) is 130 Å². The summed E-state index contributed by atoms with van der Waals surface area (Å²) in [6.45, 7) is 21.8. The minimum Gasteiger partial charge on any atom is -0.469 e. The lowest BCUT2D eigenvalue weighted by molar-refractivity contribution is -0.248. The SMILES string of the molecule is C=C(C)[C@@H]1CC[C@]2(C(=O)NCCCCCCCCCC(=O)OC)CC[C@]3(C)[C@H](CC[C@@H]4[C@@]5(C)CC[C@H](OC(C)=O)C(C)(C)[C@@H]5CC[C@]43C)[C@@H]12. The van der Waals surface area contributed by atoms with E-state index >= 15 is 0 Å². The molecule has 0 radical (unpaired) electrons. The monoisotopic (exact) mass is 682 g/mol. The lowest BCUT2D eigenvalue weighted by Gasteiger charge is -2.72. The summed E-state index contributed by atoms with van der Waals surface area (Å²) in [5, 5.41) is 3.49. The van der Waals surface area contributed by atoms with Gasteiger partial charge in [0.25, 0.3) is 0 Å². The molecule has 0 aliphatic heterocycles. The second-order valence-electron chi connectivity index (χ2n) is 18.9. The maximum Gasteiger partial charge on any atom is 0.305 e. The molecule has 1 amide bonds. The van der Waals surface area contributed by atoms with Crippen LogP contribution in [0.15, 0.2) is 12.2 Å². The van der Waals surface area contributed by atoms with Crippen LogP contribution in [0, 0.1) is 56.7 Å². The molecule has 0 aromatic rings. The van der Waals surface area contributed by atoms with Crippen LogP contribution in [0.5, 0.6) is 0 Å². The van der Waals surface area contributed by atoms with Crippen LogP contribution < -0.4 is 5.32 Å². The van der Waals surface area contributed by atoms with Gasteiger partial charge in [-0.2, -0.15) is 0 Å². The van der Waals surface area contributed by atoms with Crippen molar-refractivity contribution in [2.75, 3.05) is 13.7 Å². The van der Waals surface area contributed by atoms with Crippen molar-refractivity contribution in [1.82, 2.24) is 5.32 Å². The smallest absolute Gasteiger partial charge is 0.305 e. The van der Waals surface area contributed by atoms with Crippen LogP contribution in [0.2, 0.25) is 0 Å². The molecule has 0 saturated heterocycles. The highest BCUT2D eigenvalue weighted by Crippen LogP contribution is 2.77. The summed E-state index contributed by atoms with van der Waals surface area (Å²) in [6.07, 6.45) is 19.5. The molecular weight excluding hydrogens is 610 g/mol. The van der Waals surface area contributed by atoms with E-state index in [0.29, 0.717) is 41.9 Å². The van der Waals surface area contributed by atoms with E-state index in [1.807, 2.05) is 0 Å². The summed E-state index contributed by atoms with van der Waals surface area (Å²) < 4.78 is 10.7. The lowest BCUT2D eigenvalue weighted by atomic mass is 9.32. The highest BCUT2D eigenvalue weighted by Gasteiger charge is 2.72. The van der Waals surface area contributed by atoms with Crippen LogP contribution in [-0.4, -0.2) is 37.6 Å². The van der Waals surface area contributed by atoms with Crippen LogP contribution in [0.25, 0.3) is 0 Å². The molecule has 5 rings (SSSR count). The van der Waals surface area contributed by atoms with Gasteiger partial charge in [0, 0.05) is 25.3 Å². The molecule has 5 aliphatic carbocycles. The summed E-state index contributed by atoms with van der Waals surface area (Å²) in [6, 6.07) is 0. The van der Waals surface area contributed by atoms with E-state index in [9.17, 15) is 14.4 Å². The zero-order valence-corrected chi connectivity index (χ0v) is 32.6. The number of fused-ring (bicyclic) bond motifs is 7. The molecule has 0 unspecified atom stereocenters. The second kappa shape index (κ2) is 14.6. The van der Waals surface area contributed by atoms with Crippen LogP contribution in [0.3, 0.4) is 0 Å². The quantitative estimate of drug-likeness (QED) is 0.119. The minimum absolute atomic E-state index is 0.00674. The fraction of sp³-hybridized carbons (Fsp3) is 0.884. The van der Waals surface area contributed by atoms with Gasteiger partial charge in [-0.15, -0.1) is 0 Å². The zero-order chi connectivity index (χ0) is 35.8. The van der Waals surface area contributed by atoms with E-state index in [1.54, 1.807) is 6.92 Å². The van der Waals surface area contributed by atoms with E-state index in [0.717, 1.165) is 77.2 Å². The van der Waals surface area contributed by atoms with Crippen molar-refractivity contribution in [2.45, 2.75) is 170 Å². The highest BCUT2D eigenvalue weighted by atomic mass is 16.5. The fourth-order valence-electron chi connectivity index (χ4n) is 13.7. The minimum atomic E-state index is -0.262. The van der Waals surface area contributed by atoms with Gasteiger partial charge in [0.2, 0.25) is 5.91 Å². The Morgan fingerprint density at radius 1 is 0.735 bits per heavy atom. The Labute approximate surface area is 299 Å². The van der Waals surface area contributed by atoms with Gasteiger partial charge in [0.15, 0.2) is 0 Å². The second-order valence-corrected chi connectivity index (χ2v) is 18.9. The molecule has 10 atom stereocenters. The van der Waals surface area contributed by atoms with Crippen molar-refractivity contribution in [2.24, 2.45) is 56.7 Å². The number of hydrogen-bond donors (Lipinski definition) is 1. The van der Waals surface area contributed by atoms with Gasteiger partial charge >= 0.3 is 11.9 Å². The molecule has 49 heavy (non-hydrogen) atoms. The fourth-order valence-corrected chi connectivity index (χ4v) is 13.7. The van der Waals surface area contributed by atoms with Crippen LogP contribution >= 0.6 is 0 Å². The number of carbonyl (C=O) groups excluding carboxylic acids is 3. The standard InChI is InChI=1S/C43H71NO5/c1-29(2)31-20-25-43(38(47)44-28-16-14-12-10-11-13-15-17-36(46)48-9)27-26-41(7)32(37(31)43)18-19-34-40(6)23-22-35(49-30(3)45)39(4,5)33(40)21-24-42(34,41)8/h31-35,37H,1,10-28H2,2-9H3,(H,44,47)/t31-,32+,33-,34+,35-,37+,40-,41+,42+,43-/m0/s1. The maximum absolute atomic E-state index is 14.4. The predicted octanol–water partition coefficient (Wildman–Crippen LogP) is 9.99. The molecule has 5 aliphatic rings. The van der Waals surface area contributed by atoms with Gasteiger partial charge < -0.3 is 14.8 Å². The summed E-state index contributed by atoms with van der Waals surface area (Å²) in [5.74, 6) is 2.63. The van der Waals surface area contributed by atoms with Crippen molar-refractivity contribution < 1.29 is 23.9 Å². The summed E-state index contributed by atoms with van der Waals surface area (Å²) in [4.78, 5) is 37.8. The van der Waals surface area contributed by atoms with Crippen LogP contribution in [0.1, 0.15) is 164 Å². The van der Waals surface area contributed by atoms with Crippen molar-refractivity contribution >= 4 is 17.8 Å². The average molecular weight is 682 g/mol. The maximum atomic E-state index is 14.4. The summed E-state index contributed by atoms with van der Waals surface area (Å²) in [7, 11) is 1.45. The Kier molecular flexibility index (Phi) is 11.5. The van der Waals surface area contributed by atoms with Crippen LogP contribution in [-0.2, 0) is 23.9 Å². The number of rotatable bonds is 13. The predicted molar refractivity (Wildman–Crippen MR) is 196 cm³/mol. The zero-order valence-electron chi connectivity index (χ0n) is 32.6. The first-order valence-corrected chi connectivity index (χ1v) is 20.3. The summed E-state index contributed by atoms with van der Waals surface area (Å²) >= 11 is 0. The molecule has 278 valence electrons. The third-order valence-corrected chi connectivity index (χ3v) is 16.3. The first-order chi connectivity index (χ1) is 23.1. The number of unbranched alkanes of at least 4 members (excludes halogenated alkanes) is 6. The third kappa shape index (κ3) is 6.67. The van der Waals surface area contributed by atoms with E-state index in [-0.39, 0.29) is 45.1 Å². The largest absolute Gasteiger partial charge is 0.469 e. The number of ether oxygens (including phenoxy) is 2. The van der Waals surface area contributed by atoms with Gasteiger partial charge in [-0.1, -0.05) is 78.9 Å². The average Bonchev–Trinajstić information content (AvgIpc) is 3.44. The van der Waals surface area contributed by atoms with Crippen LogP contribution in [0.4, 0.5) is 0 Å². The number of allylic oxidation sites excluding steroid dienone is 1. The van der Waals surface area contributed by atoms with Crippen molar-refractivity contribution in [3.63, 3.8) is 0 Å². The lowest BCUT2D eigenvalue weighted by Crippen LogP contribution is -2.67. The number of esters is 2. The molecule has 6 nitrogen and oxygen atoms in total. The van der Waals surface area contributed by atoms with Gasteiger partial charge in [-0.3, -0.25) is 14.4 Å². The van der Waals surface area contributed by atoms with E-state index in [2.05, 4.69) is 53.4 Å². The molecule has 6 heteroatoms. The molecule has 5 saturated carbocycles. The van der Waals surface area contributed by atoms with Crippen molar-refractivity contribution in [3.8, 4) is 0 Å². The molecule has 0 heterocycles. The Morgan fingerprint density at radius 3 is 2.06 bits per heavy atom. The molecule has 0 bridgehead atoms. The Morgan fingerprint density at radius 2 is 1.41 bits per heavy atom. The topological polar surface area (TPSA) is 81.7 Å². The molecule has 0 spiro atoms. The number of carbonyl (C=O) groups is 3. The molecular formula is C43H71NO5. The Bertz CT molecular complexity index is 1240. The normalized spacial score (nSPS) is 40.6. The van der Waals surface area contributed by atoms with E-state index in [4.69, 9.17) is 9.47 Å². The Hall–Kier alpha value is -1.85. The molecule has 5 fully saturated rings. The molecule has 1 N–H and O–H groups in total. The molecule has 0 aromatic carbocycles. The van der Waals surface area contributed by atoms with Crippen molar-refractivity contribution in [1.29, 1.82) is 0 Å². The number of hydrogen-bond acceptors (Lipinski definition) is 5. The van der Waals surface area contributed by atoms with E-state index in [1.165, 1.54) is 51.2 Å².